The summed E-state index contributed by atoms with van der Waals surface area (Å²) in [7, 11) is 2.18. The first kappa shape index (κ1) is 18.6. The molecule has 3 aromatic heterocycles. The molecule has 0 aromatic carbocycles. The van der Waals surface area contributed by atoms with Gasteiger partial charge in [-0.05, 0) is 37.3 Å². The van der Waals surface area contributed by atoms with E-state index in [1.54, 1.807) is 6.20 Å². The van der Waals surface area contributed by atoms with Gasteiger partial charge in [-0.3, -0.25) is 4.98 Å². The summed E-state index contributed by atoms with van der Waals surface area (Å²) < 4.78 is 6.82. The average molecular weight is 385 g/mol. The molecule has 0 saturated carbocycles. The Morgan fingerprint density at radius 3 is 2.71 bits per heavy atom. The minimum Gasteiger partial charge on any atom is -0.382 e. The van der Waals surface area contributed by atoms with Gasteiger partial charge in [0.25, 0.3) is 0 Å². The predicted molar refractivity (Wildman–Crippen MR) is 108 cm³/mol. The molecule has 0 unspecified atom stereocenters. The molecule has 0 bridgehead atoms. The highest BCUT2D eigenvalue weighted by atomic mass is 16.6. The molecule has 0 amide bonds. The zero-order valence-corrected chi connectivity index (χ0v) is 16.4. The molecule has 0 radical (unpaired) electrons. The van der Waals surface area contributed by atoms with Gasteiger partial charge in [0.15, 0.2) is 17.3 Å². The van der Waals surface area contributed by atoms with Crippen molar-refractivity contribution < 1.29 is 4.63 Å². The van der Waals surface area contributed by atoms with E-state index in [1.165, 1.54) is 0 Å². The van der Waals surface area contributed by atoms with E-state index in [2.05, 4.69) is 53.9 Å². The summed E-state index contributed by atoms with van der Waals surface area (Å²) in [6, 6.07) is 0. The summed E-state index contributed by atoms with van der Waals surface area (Å²) in [5, 5.41) is 11.1. The number of pyridine rings is 1. The number of aromatic nitrogens is 5. The Balaban J connectivity index is 1.48. The number of nitrogens with two attached hydrogens (primary N) is 1. The van der Waals surface area contributed by atoms with Crippen LogP contribution in [0.1, 0.15) is 13.3 Å². The normalized spacial score (nSPS) is 16.1. The van der Waals surface area contributed by atoms with E-state index in [4.69, 9.17) is 10.4 Å². The minimum atomic E-state index is 0.236. The van der Waals surface area contributed by atoms with Crippen LogP contribution < -0.4 is 11.1 Å². The van der Waals surface area contributed by atoms with Gasteiger partial charge in [-0.15, -0.1) is 0 Å². The van der Waals surface area contributed by atoms with Gasteiger partial charge < -0.3 is 25.4 Å². The number of aryl methyl sites for hydroxylation is 1. The van der Waals surface area contributed by atoms with Gasteiger partial charge in [-0.1, -0.05) is 0 Å². The Bertz CT molecular complexity index is 926. The largest absolute Gasteiger partial charge is 0.382 e. The molecule has 1 aliphatic heterocycles. The lowest BCUT2D eigenvalue weighted by molar-refractivity contribution is 0.154. The van der Waals surface area contributed by atoms with Gasteiger partial charge in [0.1, 0.15) is 5.52 Å². The van der Waals surface area contributed by atoms with Crippen molar-refractivity contribution in [2.75, 3.05) is 57.4 Å². The lowest BCUT2D eigenvalue weighted by Gasteiger charge is -2.32. The number of nitrogens with one attached hydrogen (secondary N) is 1. The highest BCUT2D eigenvalue weighted by Crippen LogP contribution is 2.30. The third-order valence-electron chi connectivity index (χ3n) is 5.25. The molecule has 4 rings (SSSR count). The molecule has 28 heavy (non-hydrogen) atoms. The van der Waals surface area contributed by atoms with Gasteiger partial charge in [-0.2, -0.15) is 0 Å². The summed E-state index contributed by atoms with van der Waals surface area (Å²) >= 11 is 0. The molecule has 10 nitrogen and oxygen atoms in total. The van der Waals surface area contributed by atoms with Crippen LogP contribution in [0.5, 0.6) is 0 Å². The summed E-state index contributed by atoms with van der Waals surface area (Å²) in [5.41, 5.74) is 9.09. The van der Waals surface area contributed by atoms with Crippen molar-refractivity contribution in [2.45, 2.75) is 19.9 Å². The van der Waals surface area contributed by atoms with Gasteiger partial charge >= 0.3 is 0 Å². The van der Waals surface area contributed by atoms with E-state index in [0.29, 0.717) is 11.5 Å². The van der Waals surface area contributed by atoms with Crippen molar-refractivity contribution in [3.63, 3.8) is 0 Å². The fourth-order valence-electron chi connectivity index (χ4n) is 3.65. The number of nitrogens with zero attached hydrogens (tertiary/aromatic N) is 7. The van der Waals surface area contributed by atoms with Gasteiger partial charge in [-0.25, -0.2) is 9.61 Å². The molecule has 1 fully saturated rings. The molecular formula is C18H27N9O. The number of hydrogen-bond acceptors (Lipinski definition) is 9. The third kappa shape index (κ3) is 3.65. The van der Waals surface area contributed by atoms with Crippen LogP contribution in [0.15, 0.2) is 17.0 Å². The summed E-state index contributed by atoms with van der Waals surface area (Å²) in [5.74, 6) is 0.879. The number of fused-ring (bicyclic) bond motifs is 1. The quantitative estimate of drug-likeness (QED) is 0.578. The highest BCUT2D eigenvalue weighted by molar-refractivity contribution is 5.90. The van der Waals surface area contributed by atoms with Gasteiger partial charge in [0.05, 0.1) is 23.6 Å². The van der Waals surface area contributed by atoms with E-state index in [-0.39, 0.29) is 5.82 Å². The lowest BCUT2D eigenvalue weighted by atomic mass is 10.3. The molecule has 3 aromatic rings. The molecule has 10 heteroatoms. The molecule has 0 aliphatic carbocycles. The topological polar surface area (TPSA) is 114 Å². The second-order valence-corrected chi connectivity index (χ2v) is 7.16. The summed E-state index contributed by atoms with van der Waals surface area (Å²) in [6.45, 7) is 9.35. The van der Waals surface area contributed by atoms with E-state index in [1.807, 2.05) is 6.20 Å². The SMILES string of the molecule is CCn1c(-c2nonc2N)nc2cncc(NCCCN3CCN(C)CC3)c21. The number of anilines is 2. The number of likely N-dealkylation sites (N-methyl/N-ethyl adjacent to an activating group) is 1. The smallest absolute Gasteiger partial charge is 0.199 e. The second kappa shape index (κ2) is 8.11. The van der Waals surface area contributed by atoms with E-state index < -0.39 is 0 Å². The van der Waals surface area contributed by atoms with Crippen LogP contribution in [0.25, 0.3) is 22.6 Å². The average Bonchev–Trinajstić information content (AvgIpc) is 3.29. The van der Waals surface area contributed by atoms with Crippen molar-refractivity contribution in [1.82, 2.24) is 34.6 Å². The van der Waals surface area contributed by atoms with Crippen LogP contribution in [0, 0.1) is 0 Å². The van der Waals surface area contributed by atoms with Crippen molar-refractivity contribution in [3.8, 4) is 11.5 Å². The first-order chi connectivity index (χ1) is 13.7. The van der Waals surface area contributed by atoms with Crippen molar-refractivity contribution >= 4 is 22.5 Å². The van der Waals surface area contributed by atoms with Crippen LogP contribution >= 0.6 is 0 Å². The maximum Gasteiger partial charge on any atom is 0.199 e. The Morgan fingerprint density at radius 1 is 1.18 bits per heavy atom. The molecule has 4 heterocycles. The van der Waals surface area contributed by atoms with Crippen LogP contribution in [0.2, 0.25) is 0 Å². The molecule has 150 valence electrons. The predicted octanol–water partition coefficient (Wildman–Crippen LogP) is 1.13. The first-order valence-electron chi connectivity index (χ1n) is 9.74. The maximum atomic E-state index is 5.87. The molecule has 3 N–H and O–H groups in total. The molecular weight excluding hydrogens is 358 g/mol. The van der Waals surface area contributed by atoms with Crippen LogP contribution in [0.4, 0.5) is 11.5 Å². The number of piperazine rings is 1. The van der Waals surface area contributed by atoms with Crippen LogP contribution in [0.3, 0.4) is 0 Å². The zero-order valence-electron chi connectivity index (χ0n) is 16.4. The van der Waals surface area contributed by atoms with Gasteiger partial charge in [0, 0.05) is 39.3 Å². The monoisotopic (exact) mass is 385 g/mol. The maximum absolute atomic E-state index is 5.87. The van der Waals surface area contributed by atoms with Gasteiger partial charge in [0.2, 0.25) is 0 Å². The fraction of sp³-hybridized carbons (Fsp3) is 0.556. The Kier molecular flexibility index (Phi) is 5.40. The lowest BCUT2D eigenvalue weighted by Crippen LogP contribution is -2.44. The van der Waals surface area contributed by atoms with Crippen LogP contribution in [-0.2, 0) is 6.54 Å². The Hall–Kier alpha value is -2.72. The number of hydrogen-bond donors (Lipinski definition) is 2. The summed E-state index contributed by atoms with van der Waals surface area (Å²) in [4.78, 5) is 13.9. The van der Waals surface area contributed by atoms with Crippen molar-refractivity contribution in [2.24, 2.45) is 0 Å². The number of nitrogen functional groups attached to an aromatic ring is 1. The molecule has 0 atom stereocenters. The second-order valence-electron chi connectivity index (χ2n) is 7.16. The Morgan fingerprint density at radius 2 is 2.00 bits per heavy atom. The van der Waals surface area contributed by atoms with E-state index >= 15 is 0 Å². The van der Waals surface area contributed by atoms with Crippen molar-refractivity contribution in [3.05, 3.63) is 12.4 Å². The Labute approximate surface area is 163 Å². The number of imidazole rings is 1. The van der Waals surface area contributed by atoms with Crippen molar-refractivity contribution in [1.29, 1.82) is 0 Å². The molecule has 1 saturated heterocycles. The van der Waals surface area contributed by atoms with E-state index in [0.717, 1.165) is 69.0 Å². The summed E-state index contributed by atoms with van der Waals surface area (Å²) in [6.07, 6.45) is 4.68. The standard InChI is InChI=1S/C18H27N9O/c1-3-27-16-13(21-5-4-6-26-9-7-25(2)8-10-26)11-20-12-14(16)22-18(27)15-17(19)24-28-23-15/h11-12,21H,3-10H2,1-2H3,(H2,19,24). The molecule has 0 spiro atoms. The third-order valence-corrected chi connectivity index (χ3v) is 5.25. The molecule has 1 aliphatic rings. The van der Waals surface area contributed by atoms with Crippen LogP contribution in [-0.4, -0.2) is 81.0 Å². The zero-order chi connectivity index (χ0) is 19.5. The fourth-order valence-corrected chi connectivity index (χ4v) is 3.65. The minimum absolute atomic E-state index is 0.236. The van der Waals surface area contributed by atoms with E-state index in [9.17, 15) is 0 Å². The number of rotatable bonds is 7. The highest BCUT2D eigenvalue weighted by Gasteiger charge is 2.20. The first-order valence-corrected chi connectivity index (χ1v) is 9.74.